The Bertz CT molecular complexity index is 638. The molecule has 5 rings (SSSR count). The van der Waals surface area contributed by atoms with Crippen LogP contribution in [0.1, 0.15) is 106 Å². The van der Waals surface area contributed by atoms with E-state index in [-0.39, 0.29) is 11.5 Å². The maximum Gasteiger partial charge on any atom is 0.0594 e. The Hall–Kier alpha value is -0.0400. The lowest BCUT2D eigenvalue weighted by atomic mass is 9.36. The van der Waals surface area contributed by atoms with Gasteiger partial charge in [-0.3, -0.25) is 0 Å². The number of aliphatic hydroxyl groups is 1. The summed E-state index contributed by atoms with van der Waals surface area (Å²) >= 11 is 0. The van der Waals surface area contributed by atoms with E-state index in [0.29, 0.717) is 22.2 Å². The molecule has 160 valence electrons. The van der Waals surface area contributed by atoms with Gasteiger partial charge in [-0.05, 0) is 121 Å². The van der Waals surface area contributed by atoms with Gasteiger partial charge in [0.25, 0.3) is 0 Å². The zero-order valence-corrected chi connectivity index (χ0v) is 19.6. The number of aliphatic hydroxyl groups excluding tert-OH is 1. The van der Waals surface area contributed by atoms with Gasteiger partial charge in [0.1, 0.15) is 0 Å². The fourth-order valence-corrected chi connectivity index (χ4v) is 11.0. The second kappa shape index (κ2) is 6.02. The average molecular weight is 387 g/mol. The molecule has 0 saturated heterocycles. The lowest BCUT2D eigenvalue weighted by Gasteiger charge is -2.69. The van der Waals surface area contributed by atoms with E-state index in [1.165, 1.54) is 57.8 Å². The van der Waals surface area contributed by atoms with Gasteiger partial charge >= 0.3 is 0 Å². The molecule has 0 aromatic carbocycles. The van der Waals surface area contributed by atoms with E-state index in [1.807, 2.05) is 0 Å². The van der Waals surface area contributed by atoms with Gasteiger partial charge in [-0.1, -0.05) is 41.5 Å². The zero-order chi connectivity index (χ0) is 20.1. The summed E-state index contributed by atoms with van der Waals surface area (Å²) in [4.78, 5) is 0. The maximum absolute atomic E-state index is 10.8. The fourth-order valence-electron chi connectivity index (χ4n) is 11.0. The molecule has 10 unspecified atom stereocenters. The van der Waals surface area contributed by atoms with E-state index < -0.39 is 0 Å². The highest BCUT2D eigenvalue weighted by molar-refractivity contribution is 5.15. The summed E-state index contributed by atoms with van der Waals surface area (Å²) in [6.45, 7) is 15.4. The van der Waals surface area contributed by atoms with Gasteiger partial charge in [-0.2, -0.15) is 0 Å². The Morgan fingerprint density at radius 2 is 1.36 bits per heavy atom. The van der Waals surface area contributed by atoms with E-state index in [0.717, 1.165) is 36.0 Å². The second-order valence-electron chi connectivity index (χ2n) is 13.6. The summed E-state index contributed by atoms with van der Waals surface area (Å²) in [5, 5.41) is 10.8. The first-order chi connectivity index (χ1) is 13.0. The first-order valence-electron chi connectivity index (χ1n) is 12.7. The third-order valence-electron chi connectivity index (χ3n) is 12.3. The highest BCUT2D eigenvalue weighted by Gasteiger charge is 2.66. The summed E-state index contributed by atoms with van der Waals surface area (Å²) < 4.78 is 0. The lowest BCUT2D eigenvalue weighted by Crippen LogP contribution is -2.63. The largest absolute Gasteiger partial charge is 0.393 e. The summed E-state index contributed by atoms with van der Waals surface area (Å²) in [6.07, 6.45) is 13.9. The SMILES string of the molecule is CC1CCC2(C)CCC3C(CCC4C3(C)CCC3C(C)(C)C(O)CCC34C)C12. The molecule has 0 aromatic rings. The van der Waals surface area contributed by atoms with Gasteiger partial charge in [0, 0.05) is 0 Å². The molecule has 1 heteroatoms. The molecule has 0 aliphatic heterocycles. The van der Waals surface area contributed by atoms with E-state index >= 15 is 0 Å². The van der Waals surface area contributed by atoms with E-state index in [2.05, 4.69) is 41.5 Å². The molecule has 0 heterocycles. The minimum absolute atomic E-state index is 0.0935. The standard InChI is InChI=1S/C27H46O/c1-17-9-13-25(4)14-10-19-18(23(17)25)7-8-21-26(19,5)15-11-20-24(2,3)22(28)12-16-27(20,21)6/h17-23,28H,7-16H2,1-6H3. The topological polar surface area (TPSA) is 20.2 Å². The van der Waals surface area contributed by atoms with Crippen LogP contribution in [0.25, 0.3) is 0 Å². The molecule has 0 bridgehead atoms. The van der Waals surface area contributed by atoms with Crippen LogP contribution in [0.4, 0.5) is 0 Å². The van der Waals surface area contributed by atoms with Gasteiger partial charge in [0.2, 0.25) is 0 Å². The van der Waals surface area contributed by atoms with Crippen LogP contribution in [0.2, 0.25) is 0 Å². The van der Waals surface area contributed by atoms with Crippen LogP contribution in [-0.4, -0.2) is 11.2 Å². The molecular formula is C27H46O. The second-order valence-corrected chi connectivity index (χ2v) is 13.6. The Kier molecular flexibility index (Phi) is 4.27. The highest BCUT2D eigenvalue weighted by atomic mass is 16.3. The molecule has 0 amide bonds. The monoisotopic (exact) mass is 386 g/mol. The molecule has 0 spiro atoms. The van der Waals surface area contributed by atoms with E-state index in [1.54, 1.807) is 0 Å². The highest BCUT2D eigenvalue weighted by Crippen LogP contribution is 2.73. The van der Waals surface area contributed by atoms with Crippen LogP contribution in [0, 0.1) is 57.2 Å². The number of hydrogen-bond donors (Lipinski definition) is 1. The first kappa shape index (κ1) is 19.9. The van der Waals surface area contributed by atoms with Crippen molar-refractivity contribution < 1.29 is 5.11 Å². The first-order valence-corrected chi connectivity index (χ1v) is 12.7. The van der Waals surface area contributed by atoms with Crippen molar-refractivity contribution in [2.24, 2.45) is 57.2 Å². The average Bonchev–Trinajstić information content (AvgIpc) is 2.93. The Morgan fingerprint density at radius 1 is 0.679 bits per heavy atom. The smallest absolute Gasteiger partial charge is 0.0594 e. The minimum Gasteiger partial charge on any atom is -0.393 e. The summed E-state index contributed by atoms with van der Waals surface area (Å²) in [6, 6.07) is 0. The van der Waals surface area contributed by atoms with Crippen molar-refractivity contribution in [3.63, 3.8) is 0 Å². The molecule has 10 atom stereocenters. The van der Waals surface area contributed by atoms with Crippen molar-refractivity contribution in [2.75, 3.05) is 0 Å². The van der Waals surface area contributed by atoms with Crippen molar-refractivity contribution in [3.8, 4) is 0 Å². The van der Waals surface area contributed by atoms with Crippen molar-refractivity contribution >= 4 is 0 Å². The predicted molar refractivity (Wildman–Crippen MR) is 117 cm³/mol. The summed E-state index contributed by atoms with van der Waals surface area (Å²) in [7, 11) is 0. The van der Waals surface area contributed by atoms with E-state index in [4.69, 9.17) is 0 Å². The van der Waals surface area contributed by atoms with Gasteiger partial charge in [-0.25, -0.2) is 0 Å². The Morgan fingerprint density at radius 3 is 2.11 bits per heavy atom. The Labute approximate surface area is 174 Å². The van der Waals surface area contributed by atoms with Crippen LogP contribution < -0.4 is 0 Å². The number of rotatable bonds is 0. The fraction of sp³-hybridized carbons (Fsp3) is 1.00. The third kappa shape index (κ3) is 2.35. The number of fused-ring (bicyclic) bond motifs is 7. The van der Waals surface area contributed by atoms with Crippen LogP contribution in [0.5, 0.6) is 0 Å². The molecule has 5 saturated carbocycles. The lowest BCUT2D eigenvalue weighted by molar-refractivity contribution is -0.215. The van der Waals surface area contributed by atoms with Gasteiger partial charge in [0.05, 0.1) is 6.10 Å². The zero-order valence-electron chi connectivity index (χ0n) is 19.6. The van der Waals surface area contributed by atoms with Crippen LogP contribution >= 0.6 is 0 Å². The minimum atomic E-state index is -0.0963. The molecule has 0 aromatic heterocycles. The summed E-state index contributed by atoms with van der Waals surface area (Å²) in [5.74, 6) is 5.51. The molecular weight excluding hydrogens is 340 g/mol. The normalized spacial score (nSPS) is 60.3. The summed E-state index contributed by atoms with van der Waals surface area (Å²) in [5.41, 5.74) is 1.75. The number of hydrogen-bond acceptors (Lipinski definition) is 1. The predicted octanol–water partition coefficient (Wildman–Crippen LogP) is 7.08. The van der Waals surface area contributed by atoms with E-state index in [9.17, 15) is 5.11 Å². The van der Waals surface area contributed by atoms with Gasteiger partial charge in [0.15, 0.2) is 0 Å². The third-order valence-corrected chi connectivity index (χ3v) is 12.3. The molecule has 5 aliphatic carbocycles. The quantitative estimate of drug-likeness (QED) is 0.471. The van der Waals surface area contributed by atoms with Crippen molar-refractivity contribution in [2.45, 2.75) is 112 Å². The molecule has 5 aliphatic rings. The molecule has 1 N–H and O–H groups in total. The van der Waals surface area contributed by atoms with Crippen molar-refractivity contribution in [3.05, 3.63) is 0 Å². The van der Waals surface area contributed by atoms with Gasteiger partial charge in [-0.15, -0.1) is 0 Å². The molecule has 0 radical (unpaired) electrons. The molecule has 28 heavy (non-hydrogen) atoms. The van der Waals surface area contributed by atoms with Crippen molar-refractivity contribution in [1.82, 2.24) is 0 Å². The van der Waals surface area contributed by atoms with Crippen LogP contribution in [0.15, 0.2) is 0 Å². The Balaban J connectivity index is 1.49. The molecule has 1 nitrogen and oxygen atoms in total. The molecule has 5 fully saturated rings. The van der Waals surface area contributed by atoms with Crippen molar-refractivity contribution in [1.29, 1.82) is 0 Å². The van der Waals surface area contributed by atoms with Crippen LogP contribution in [0.3, 0.4) is 0 Å². The van der Waals surface area contributed by atoms with Crippen LogP contribution in [-0.2, 0) is 0 Å². The van der Waals surface area contributed by atoms with Gasteiger partial charge < -0.3 is 5.11 Å². The maximum atomic E-state index is 10.8.